The molecule has 0 saturated heterocycles. The Hall–Kier alpha value is -0.170. The minimum Gasteiger partial charge on any atom is -0.314 e. The van der Waals surface area contributed by atoms with E-state index in [0.717, 1.165) is 25.8 Å². The Morgan fingerprint density at radius 2 is 1.67 bits per heavy atom. The third kappa shape index (κ3) is 5.22. The van der Waals surface area contributed by atoms with Crippen LogP contribution in [0.1, 0.15) is 39.0 Å². The van der Waals surface area contributed by atoms with Crippen LogP contribution in [0.5, 0.6) is 0 Å². The first-order valence-electron chi connectivity index (χ1n) is 6.89. The van der Waals surface area contributed by atoms with Gasteiger partial charge in [0.15, 0.2) is 0 Å². The predicted molar refractivity (Wildman–Crippen MR) is 74.7 cm³/mol. The maximum absolute atomic E-state index is 12.1. The van der Waals surface area contributed by atoms with Crippen LogP contribution in [0.2, 0.25) is 0 Å². The molecule has 1 aliphatic carbocycles. The van der Waals surface area contributed by atoms with Gasteiger partial charge in [0.2, 0.25) is 0 Å². The minimum absolute atomic E-state index is 0.582. The quantitative estimate of drug-likeness (QED) is 0.607. The van der Waals surface area contributed by atoms with Gasteiger partial charge in [0, 0.05) is 33.2 Å². The van der Waals surface area contributed by atoms with Crippen molar-refractivity contribution in [2.45, 2.75) is 45.1 Å². The van der Waals surface area contributed by atoms with Crippen LogP contribution in [0.25, 0.3) is 0 Å². The Labute approximate surface area is 112 Å². The van der Waals surface area contributed by atoms with Crippen molar-refractivity contribution in [2.24, 2.45) is 0 Å². The fraction of sp³-hybridized carbons (Fsp3) is 1.00. The van der Waals surface area contributed by atoms with E-state index in [1.54, 1.807) is 14.1 Å². The molecule has 1 rings (SSSR count). The van der Waals surface area contributed by atoms with Gasteiger partial charge in [-0.3, -0.25) is 0 Å². The molecule has 1 aliphatic rings. The zero-order valence-corrected chi connectivity index (χ0v) is 12.7. The lowest BCUT2D eigenvalue weighted by molar-refractivity contribution is 0.383. The summed E-state index contributed by atoms with van der Waals surface area (Å²) in [5, 5.41) is 3.39. The summed E-state index contributed by atoms with van der Waals surface area (Å²) in [7, 11) is 0.0609. The molecule has 0 unspecified atom stereocenters. The van der Waals surface area contributed by atoms with Crippen LogP contribution in [0.3, 0.4) is 0 Å². The van der Waals surface area contributed by atoms with Gasteiger partial charge in [0.1, 0.15) is 0 Å². The van der Waals surface area contributed by atoms with Crippen molar-refractivity contribution >= 4 is 10.2 Å². The van der Waals surface area contributed by atoms with E-state index in [1.165, 1.54) is 21.5 Å². The molecule has 108 valence electrons. The van der Waals surface area contributed by atoms with Gasteiger partial charge < -0.3 is 5.32 Å². The minimum atomic E-state index is -3.26. The normalized spacial score (nSPS) is 16.7. The van der Waals surface area contributed by atoms with Gasteiger partial charge in [-0.05, 0) is 32.2 Å². The second-order valence-electron chi connectivity index (χ2n) is 5.09. The van der Waals surface area contributed by atoms with Gasteiger partial charge in [-0.1, -0.05) is 13.3 Å². The molecule has 0 bridgehead atoms. The van der Waals surface area contributed by atoms with E-state index in [9.17, 15) is 8.42 Å². The zero-order chi connectivity index (χ0) is 13.6. The SMILES string of the molecule is CCCCN(C)S(=O)(=O)N(C)CCCNC1CC1. The van der Waals surface area contributed by atoms with Gasteiger partial charge in [0.25, 0.3) is 10.2 Å². The smallest absolute Gasteiger partial charge is 0.281 e. The highest BCUT2D eigenvalue weighted by Gasteiger charge is 2.23. The molecular weight excluding hydrogens is 250 g/mol. The molecule has 0 aliphatic heterocycles. The average molecular weight is 277 g/mol. The van der Waals surface area contributed by atoms with Crippen molar-refractivity contribution < 1.29 is 8.42 Å². The lowest BCUT2D eigenvalue weighted by Crippen LogP contribution is -2.41. The summed E-state index contributed by atoms with van der Waals surface area (Å²) in [6, 6.07) is 0.694. The van der Waals surface area contributed by atoms with Crippen LogP contribution in [-0.2, 0) is 10.2 Å². The summed E-state index contributed by atoms with van der Waals surface area (Å²) in [5.41, 5.74) is 0. The van der Waals surface area contributed by atoms with Crippen LogP contribution in [0.4, 0.5) is 0 Å². The lowest BCUT2D eigenvalue weighted by atomic mass is 10.3. The van der Waals surface area contributed by atoms with Crippen LogP contribution in [0, 0.1) is 0 Å². The maximum Gasteiger partial charge on any atom is 0.281 e. The second-order valence-corrected chi connectivity index (χ2v) is 7.23. The first kappa shape index (κ1) is 15.9. The lowest BCUT2D eigenvalue weighted by Gasteiger charge is -2.24. The summed E-state index contributed by atoms with van der Waals surface area (Å²) in [4.78, 5) is 0. The Bertz CT molecular complexity index is 328. The Balaban J connectivity index is 2.25. The van der Waals surface area contributed by atoms with E-state index in [-0.39, 0.29) is 0 Å². The fourth-order valence-corrected chi connectivity index (χ4v) is 2.94. The number of nitrogens with one attached hydrogen (secondary N) is 1. The number of unbranched alkanes of at least 4 members (excludes halogenated alkanes) is 1. The van der Waals surface area contributed by atoms with Gasteiger partial charge in [-0.15, -0.1) is 0 Å². The summed E-state index contributed by atoms with van der Waals surface area (Å²) >= 11 is 0. The molecule has 5 nitrogen and oxygen atoms in total. The first-order chi connectivity index (χ1) is 8.48. The molecule has 6 heteroatoms. The maximum atomic E-state index is 12.1. The fourth-order valence-electron chi connectivity index (χ4n) is 1.74. The van der Waals surface area contributed by atoms with Crippen LogP contribution >= 0.6 is 0 Å². The molecule has 1 fully saturated rings. The Kier molecular flexibility index (Phi) is 6.55. The van der Waals surface area contributed by atoms with E-state index in [0.29, 0.717) is 19.1 Å². The molecule has 0 atom stereocenters. The van der Waals surface area contributed by atoms with Crippen molar-refractivity contribution in [3.63, 3.8) is 0 Å². The topological polar surface area (TPSA) is 52.7 Å². The summed E-state index contributed by atoms with van der Waals surface area (Å²) in [6.45, 7) is 4.15. The highest BCUT2D eigenvalue weighted by atomic mass is 32.2. The van der Waals surface area contributed by atoms with Gasteiger partial charge in [-0.25, -0.2) is 0 Å². The largest absolute Gasteiger partial charge is 0.314 e. The number of hydrogen-bond acceptors (Lipinski definition) is 3. The highest BCUT2D eigenvalue weighted by Crippen LogP contribution is 2.18. The molecular formula is C12H27N3O2S. The van der Waals surface area contributed by atoms with E-state index < -0.39 is 10.2 Å². The number of nitrogens with zero attached hydrogens (tertiary/aromatic N) is 2. The third-order valence-corrected chi connectivity index (χ3v) is 5.22. The standard InChI is InChI=1S/C12H27N3O2S/c1-4-5-10-14(2)18(16,17)15(3)11-6-9-13-12-7-8-12/h12-13H,4-11H2,1-3H3. The predicted octanol–water partition coefficient (Wildman–Crippen LogP) is 1.04. The summed E-state index contributed by atoms with van der Waals surface area (Å²) < 4.78 is 27.1. The highest BCUT2D eigenvalue weighted by molar-refractivity contribution is 7.86. The molecule has 18 heavy (non-hydrogen) atoms. The monoisotopic (exact) mass is 277 g/mol. The Morgan fingerprint density at radius 1 is 1.11 bits per heavy atom. The summed E-state index contributed by atoms with van der Waals surface area (Å²) in [6.07, 6.45) is 5.33. The molecule has 1 saturated carbocycles. The molecule has 0 amide bonds. The second kappa shape index (κ2) is 7.43. The number of rotatable bonds is 10. The van der Waals surface area contributed by atoms with Crippen molar-refractivity contribution in [1.82, 2.24) is 13.9 Å². The Morgan fingerprint density at radius 3 is 2.17 bits per heavy atom. The van der Waals surface area contributed by atoms with Crippen molar-refractivity contribution in [3.8, 4) is 0 Å². The summed E-state index contributed by atoms with van der Waals surface area (Å²) in [5.74, 6) is 0. The third-order valence-electron chi connectivity index (χ3n) is 3.27. The van der Waals surface area contributed by atoms with Crippen LogP contribution in [0.15, 0.2) is 0 Å². The van der Waals surface area contributed by atoms with E-state index >= 15 is 0 Å². The van der Waals surface area contributed by atoms with E-state index in [4.69, 9.17) is 0 Å². The van der Waals surface area contributed by atoms with Crippen LogP contribution < -0.4 is 5.32 Å². The molecule has 0 aromatic rings. The van der Waals surface area contributed by atoms with Crippen molar-refractivity contribution in [3.05, 3.63) is 0 Å². The molecule has 0 aromatic carbocycles. The van der Waals surface area contributed by atoms with Crippen LogP contribution in [-0.4, -0.2) is 56.8 Å². The van der Waals surface area contributed by atoms with Gasteiger partial charge in [0.05, 0.1) is 0 Å². The number of hydrogen-bond donors (Lipinski definition) is 1. The van der Waals surface area contributed by atoms with E-state index in [1.807, 2.05) is 0 Å². The molecule has 0 aromatic heterocycles. The van der Waals surface area contributed by atoms with E-state index in [2.05, 4.69) is 12.2 Å². The molecule has 1 N–H and O–H groups in total. The van der Waals surface area contributed by atoms with Crippen molar-refractivity contribution in [1.29, 1.82) is 0 Å². The van der Waals surface area contributed by atoms with Gasteiger partial charge >= 0.3 is 0 Å². The van der Waals surface area contributed by atoms with Crippen molar-refractivity contribution in [2.75, 3.05) is 33.7 Å². The zero-order valence-electron chi connectivity index (χ0n) is 11.9. The molecule has 0 spiro atoms. The molecule has 0 heterocycles. The van der Waals surface area contributed by atoms with Gasteiger partial charge in [-0.2, -0.15) is 17.0 Å². The molecule has 0 radical (unpaired) electrons. The first-order valence-corrected chi connectivity index (χ1v) is 8.29. The average Bonchev–Trinajstić information content (AvgIpc) is 3.15.